The number of hydrogen-bond acceptors (Lipinski definition) is 4. The van der Waals surface area contributed by atoms with E-state index in [9.17, 15) is 4.79 Å². The fourth-order valence-corrected chi connectivity index (χ4v) is 0.456. The van der Waals surface area contributed by atoms with E-state index in [1.54, 1.807) is 6.07 Å². The summed E-state index contributed by atoms with van der Waals surface area (Å²) in [7, 11) is 0. The number of rotatable bonds is 4. The number of aliphatic hydroxyl groups is 1. The normalized spacial score (nSPS) is 9.14. The smallest absolute Gasteiger partial charge is 0.140 e. The Kier molecular flexibility index (Phi) is 29.7. The van der Waals surface area contributed by atoms with E-state index >= 15 is 0 Å². The van der Waals surface area contributed by atoms with Gasteiger partial charge in [-0.05, 0) is 12.8 Å². The summed E-state index contributed by atoms with van der Waals surface area (Å²) >= 11 is 0. The lowest BCUT2D eigenvalue weighted by molar-refractivity contribution is -0.107. The van der Waals surface area contributed by atoms with E-state index in [0.29, 0.717) is 12.8 Å². The van der Waals surface area contributed by atoms with Crippen molar-refractivity contribution in [3.8, 4) is 12.6 Å². The summed E-state index contributed by atoms with van der Waals surface area (Å²) in [6.45, 7) is 7.41. The average molecular weight is 198 g/mol. The molecular weight excluding hydrogens is 180 g/mol. The molecule has 0 bridgehead atoms. The highest BCUT2D eigenvalue weighted by Crippen LogP contribution is 1.91. The maximum absolute atomic E-state index is 9.40. The molecule has 0 heterocycles. The number of aldehydes is 1. The second kappa shape index (κ2) is 22.6. The van der Waals surface area contributed by atoms with Gasteiger partial charge in [0.05, 0.1) is 6.07 Å². The third-order valence-corrected chi connectivity index (χ3v) is 1.12. The van der Waals surface area contributed by atoms with Gasteiger partial charge in [-0.2, -0.15) is 5.26 Å². The summed E-state index contributed by atoms with van der Waals surface area (Å²) in [5, 5.41) is 23.0. The Morgan fingerprint density at radius 1 is 1.43 bits per heavy atom. The maximum Gasteiger partial charge on any atom is 0.140 e. The van der Waals surface area contributed by atoms with Crippen LogP contribution in [-0.2, 0) is 4.79 Å². The third-order valence-electron chi connectivity index (χ3n) is 1.12. The molecular formula is C10H18N2O2. The number of nitrogens with zero attached hydrogens (tertiary/aromatic N) is 2. The van der Waals surface area contributed by atoms with Gasteiger partial charge in [-0.1, -0.05) is 20.3 Å². The molecule has 0 spiro atoms. The molecule has 0 aromatic carbocycles. The predicted octanol–water partition coefficient (Wildman–Crippen LogP) is 1.80. The van der Waals surface area contributed by atoms with Gasteiger partial charge >= 0.3 is 0 Å². The fraction of sp³-hybridized carbons (Fsp3) is 0.700. The number of carbonyl (C=O) groups excluding carboxylic acids is 1. The fourth-order valence-electron chi connectivity index (χ4n) is 0.456. The van der Waals surface area contributed by atoms with Crippen LogP contribution in [0.4, 0.5) is 0 Å². The first-order chi connectivity index (χ1) is 6.72. The SMILES string of the molecule is C#N.CCCC(O)C#N.CCCC=O. The molecule has 14 heavy (non-hydrogen) atoms. The van der Waals surface area contributed by atoms with Crippen molar-refractivity contribution < 1.29 is 9.90 Å². The van der Waals surface area contributed by atoms with E-state index in [-0.39, 0.29) is 0 Å². The molecule has 1 N–H and O–H groups in total. The minimum Gasteiger partial charge on any atom is -0.378 e. The van der Waals surface area contributed by atoms with Gasteiger partial charge in [0.1, 0.15) is 12.4 Å². The maximum atomic E-state index is 9.40. The molecule has 4 heteroatoms. The molecule has 80 valence electrons. The Hall–Kier alpha value is -1.39. The van der Waals surface area contributed by atoms with Crippen LogP contribution >= 0.6 is 0 Å². The van der Waals surface area contributed by atoms with E-state index in [4.69, 9.17) is 15.6 Å². The Bertz CT molecular complexity index is 161. The molecule has 0 radical (unpaired) electrons. The number of unbranched alkanes of at least 4 members (excludes halogenated alkanes) is 1. The number of carbonyl (C=O) groups is 1. The van der Waals surface area contributed by atoms with Crippen molar-refractivity contribution in [2.45, 2.75) is 45.6 Å². The highest BCUT2D eigenvalue weighted by Gasteiger charge is 1.94. The summed E-state index contributed by atoms with van der Waals surface area (Å²) in [5.74, 6) is 0. The first kappa shape index (κ1) is 18.4. The van der Waals surface area contributed by atoms with Gasteiger partial charge in [0.15, 0.2) is 0 Å². The van der Waals surface area contributed by atoms with Gasteiger partial charge in [0.25, 0.3) is 0 Å². The van der Waals surface area contributed by atoms with Crippen LogP contribution in [0, 0.1) is 23.2 Å². The lowest BCUT2D eigenvalue weighted by atomic mass is 10.2. The second-order valence-corrected chi connectivity index (χ2v) is 2.39. The zero-order chi connectivity index (χ0) is 11.8. The van der Waals surface area contributed by atoms with E-state index in [2.05, 4.69) is 6.57 Å². The molecule has 1 atom stereocenters. The predicted molar refractivity (Wildman–Crippen MR) is 54.2 cm³/mol. The minimum absolute atomic E-state index is 0.594. The Morgan fingerprint density at radius 3 is 2.00 bits per heavy atom. The average Bonchev–Trinajstić information content (AvgIpc) is 2.23. The molecule has 1 unspecified atom stereocenters. The standard InChI is InChI=1S/C5H9NO.C4H8O.CHN/c1-2-3-5(7)4-6;1-2-3-4-5;1-2/h5,7H,2-3H2,1H3;4H,2-3H2,1H3;1H. The molecule has 0 aromatic heterocycles. The van der Waals surface area contributed by atoms with Crippen LogP contribution in [0.25, 0.3) is 0 Å². The molecule has 0 saturated carbocycles. The summed E-state index contributed by atoms with van der Waals surface area (Å²) in [6.07, 6.45) is 3.33. The molecule has 0 aromatic rings. The lowest BCUT2D eigenvalue weighted by Gasteiger charge is -1.92. The molecule has 0 aliphatic heterocycles. The first-order valence-electron chi connectivity index (χ1n) is 4.50. The summed E-state index contributed by atoms with van der Waals surface area (Å²) in [5.41, 5.74) is 0. The van der Waals surface area contributed by atoms with E-state index in [1.165, 1.54) is 0 Å². The second-order valence-electron chi connectivity index (χ2n) is 2.39. The minimum atomic E-state index is -0.745. The van der Waals surface area contributed by atoms with Gasteiger partial charge in [0, 0.05) is 13.0 Å². The number of aliphatic hydroxyl groups excluding tert-OH is 1. The highest BCUT2D eigenvalue weighted by atomic mass is 16.3. The Morgan fingerprint density at radius 2 is 1.93 bits per heavy atom. The lowest BCUT2D eigenvalue weighted by Crippen LogP contribution is -1.99. The van der Waals surface area contributed by atoms with Crippen molar-refractivity contribution in [2.75, 3.05) is 0 Å². The largest absolute Gasteiger partial charge is 0.378 e. The highest BCUT2D eigenvalue weighted by molar-refractivity contribution is 5.48. The van der Waals surface area contributed by atoms with Crippen LogP contribution in [0.2, 0.25) is 0 Å². The molecule has 0 fully saturated rings. The van der Waals surface area contributed by atoms with Gasteiger partial charge in [-0.3, -0.25) is 0 Å². The van der Waals surface area contributed by atoms with E-state index in [0.717, 1.165) is 19.1 Å². The monoisotopic (exact) mass is 198 g/mol. The molecule has 0 rings (SSSR count). The Balaban J connectivity index is -0.000000152. The summed E-state index contributed by atoms with van der Waals surface area (Å²) < 4.78 is 0. The van der Waals surface area contributed by atoms with Crippen molar-refractivity contribution >= 4 is 6.29 Å². The molecule has 0 saturated heterocycles. The van der Waals surface area contributed by atoms with Gasteiger partial charge < -0.3 is 9.90 Å². The molecule has 0 aliphatic carbocycles. The van der Waals surface area contributed by atoms with Crippen molar-refractivity contribution in [1.82, 2.24) is 0 Å². The topological polar surface area (TPSA) is 84.9 Å². The van der Waals surface area contributed by atoms with Gasteiger partial charge in [-0.25, -0.2) is 5.26 Å². The zero-order valence-corrected chi connectivity index (χ0v) is 8.81. The first-order valence-corrected chi connectivity index (χ1v) is 4.50. The number of hydrogen-bond donors (Lipinski definition) is 1. The third kappa shape index (κ3) is 31.1. The van der Waals surface area contributed by atoms with Crippen molar-refractivity contribution in [3.63, 3.8) is 0 Å². The summed E-state index contributed by atoms with van der Waals surface area (Å²) in [6, 6.07) is 1.72. The van der Waals surface area contributed by atoms with Crippen molar-refractivity contribution in [2.24, 2.45) is 0 Å². The van der Waals surface area contributed by atoms with Crippen LogP contribution in [0.1, 0.15) is 39.5 Å². The zero-order valence-electron chi connectivity index (χ0n) is 8.81. The quantitative estimate of drug-likeness (QED) is 0.551. The Labute approximate surface area is 85.8 Å². The van der Waals surface area contributed by atoms with E-state index < -0.39 is 6.10 Å². The van der Waals surface area contributed by atoms with Crippen LogP contribution < -0.4 is 0 Å². The van der Waals surface area contributed by atoms with Crippen LogP contribution in [0.5, 0.6) is 0 Å². The molecule has 0 aliphatic rings. The van der Waals surface area contributed by atoms with Gasteiger partial charge in [-0.15, -0.1) is 0 Å². The summed E-state index contributed by atoms with van der Waals surface area (Å²) in [4.78, 5) is 9.40. The number of nitriles is 2. The van der Waals surface area contributed by atoms with Crippen LogP contribution in [-0.4, -0.2) is 17.5 Å². The van der Waals surface area contributed by atoms with Crippen molar-refractivity contribution in [1.29, 1.82) is 10.5 Å². The van der Waals surface area contributed by atoms with Gasteiger partial charge in [0.2, 0.25) is 0 Å². The van der Waals surface area contributed by atoms with Crippen LogP contribution in [0.3, 0.4) is 0 Å². The molecule has 4 nitrogen and oxygen atoms in total. The van der Waals surface area contributed by atoms with Crippen LogP contribution in [0.15, 0.2) is 0 Å². The van der Waals surface area contributed by atoms with E-state index in [1.807, 2.05) is 13.8 Å². The molecule has 0 amide bonds. The van der Waals surface area contributed by atoms with Crippen molar-refractivity contribution in [3.05, 3.63) is 0 Å².